The predicted octanol–water partition coefficient (Wildman–Crippen LogP) is 3.15. The largest absolute Gasteiger partial charge is 0.469 e. The highest BCUT2D eigenvalue weighted by molar-refractivity contribution is 5.72. The predicted molar refractivity (Wildman–Crippen MR) is 100 cm³/mol. The highest BCUT2D eigenvalue weighted by atomic mass is 16.5. The fourth-order valence-electron chi connectivity index (χ4n) is 2.66. The third-order valence-corrected chi connectivity index (χ3v) is 4.00. The summed E-state index contributed by atoms with van der Waals surface area (Å²) < 4.78 is 4.71. The average molecular weight is 347 g/mol. The quantitative estimate of drug-likeness (QED) is 0.665. The Morgan fingerprint density at radius 3 is 2.35 bits per heavy atom. The van der Waals surface area contributed by atoms with Crippen molar-refractivity contribution in [1.82, 2.24) is 15.3 Å². The fraction of sp³-hybridized carbons (Fsp3) is 0.190. The molecule has 0 atom stereocenters. The molecule has 0 saturated heterocycles. The van der Waals surface area contributed by atoms with Crippen LogP contribution < -0.4 is 5.32 Å². The van der Waals surface area contributed by atoms with Crippen LogP contribution in [0.4, 0.5) is 0 Å². The molecule has 5 nitrogen and oxygen atoms in total. The highest BCUT2D eigenvalue weighted by Crippen LogP contribution is 2.14. The fourth-order valence-corrected chi connectivity index (χ4v) is 2.66. The number of esters is 1. The van der Waals surface area contributed by atoms with Crippen molar-refractivity contribution in [3.63, 3.8) is 0 Å². The van der Waals surface area contributed by atoms with Crippen LogP contribution in [0.3, 0.4) is 0 Å². The molecule has 0 aliphatic carbocycles. The molecule has 3 aromatic rings. The number of benzene rings is 2. The van der Waals surface area contributed by atoms with Gasteiger partial charge in [-0.2, -0.15) is 0 Å². The molecule has 1 N–H and O–H groups in total. The van der Waals surface area contributed by atoms with Gasteiger partial charge in [0.1, 0.15) is 0 Å². The standard InChI is InChI=1S/C21H21N3O2/c1-26-20(25)13-17-4-2-5-18(12-17)15-22-14-16-6-8-19(9-7-16)21-23-10-3-11-24-21/h2-12,22H,13-15H2,1H3. The van der Waals surface area contributed by atoms with Gasteiger partial charge in [-0.25, -0.2) is 9.97 Å². The van der Waals surface area contributed by atoms with E-state index in [9.17, 15) is 4.79 Å². The Hall–Kier alpha value is -3.05. The third kappa shape index (κ3) is 4.97. The van der Waals surface area contributed by atoms with Crippen molar-refractivity contribution in [3.05, 3.63) is 83.7 Å². The van der Waals surface area contributed by atoms with Gasteiger partial charge in [-0.1, -0.05) is 48.5 Å². The summed E-state index contributed by atoms with van der Waals surface area (Å²) in [6.07, 6.45) is 3.78. The lowest BCUT2D eigenvalue weighted by molar-refractivity contribution is -0.139. The molecule has 0 spiro atoms. The van der Waals surface area contributed by atoms with Crippen molar-refractivity contribution in [2.24, 2.45) is 0 Å². The van der Waals surface area contributed by atoms with Crippen LogP contribution in [0.1, 0.15) is 16.7 Å². The summed E-state index contributed by atoms with van der Waals surface area (Å²) in [4.78, 5) is 19.9. The number of nitrogens with zero attached hydrogens (tertiary/aromatic N) is 2. The molecule has 26 heavy (non-hydrogen) atoms. The van der Waals surface area contributed by atoms with Gasteiger partial charge in [-0.3, -0.25) is 4.79 Å². The number of nitrogens with one attached hydrogen (secondary N) is 1. The molecule has 0 aliphatic heterocycles. The zero-order valence-corrected chi connectivity index (χ0v) is 14.7. The van der Waals surface area contributed by atoms with E-state index in [2.05, 4.69) is 27.4 Å². The summed E-state index contributed by atoms with van der Waals surface area (Å²) in [6, 6.07) is 18.0. The first kappa shape index (κ1) is 17.8. The molecule has 5 heteroatoms. The van der Waals surface area contributed by atoms with E-state index >= 15 is 0 Å². The van der Waals surface area contributed by atoms with E-state index in [0.717, 1.165) is 35.6 Å². The minimum absolute atomic E-state index is 0.224. The molecule has 3 rings (SSSR count). The second kappa shape index (κ2) is 8.87. The second-order valence-corrected chi connectivity index (χ2v) is 5.95. The van der Waals surface area contributed by atoms with Gasteiger partial charge in [0.25, 0.3) is 0 Å². The van der Waals surface area contributed by atoms with E-state index in [1.54, 1.807) is 12.4 Å². The van der Waals surface area contributed by atoms with Crippen molar-refractivity contribution in [2.45, 2.75) is 19.5 Å². The molecular weight excluding hydrogens is 326 g/mol. The van der Waals surface area contributed by atoms with Crippen LogP contribution in [0, 0.1) is 0 Å². The van der Waals surface area contributed by atoms with Gasteiger partial charge in [-0.15, -0.1) is 0 Å². The van der Waals surface area contributed by atoms with Crippen LogP contribution in [-0.2, 0) is 29.0 Å². The molecule has 0 aliphatic rings. The van der Waals surface area contributed by atoms with Crippen molar-refractivity contribution in [2.75, 3.05) is 7.11 Å². The highest BCUT2D eigenvalue weighted by Gasteiger charge is 2.04. The van der Waals surface area contributed by atoms with Crippen LogP contribution in [-0.4, -0.2) is 23.0 Å². The normalized spacial score (nSPS) is 10.5. The van der Waals surface area contributed by atoms with Crippen molar-refractivity contribution in [1.29, 1.82) is 0 Å². The van der Waals surface area contributed by atoms with Gasteiger partial charge in [-0.05, 0) is 22.8 Å². The number of hydrogen-bond acceptors (Lipinski definition) is 5. The molecular formula is C21H21N3O2. The molecule has 0 saturated carbocycles. The minimum atomic E-state index is -0.224. The summed E-state index contributed by atoms with van der Waals surface area (Å²) >= 11 is 0. The van der Waals surface area contributed by atoms with E-state index < -0.39 is 0 Å². The zero-order valence-electron chi connectivity index (χ0n) is 14.7. The van der Waals surface area contributed by atoms with Crippen LogP contribution in [0.2, 0.25) is 0 Å². The van der Waals surface area contributed by atoms with Crippen LogP contribution in [0.15, 0.2) is 67.0 Å². The summed E-state index contributed by atoms with van der Waals surface area (Å²) in [5.41, 5.74) is 4.30. The topological polar surface area (TPSA) is 64.1 Å². The Kier molecular flexibility index (Phi) is 6.06. The summed E-state index contributed by atoms with van der Waals surface area (Å²) in [7, 11) is 1.41. The molecule has 2 aromatic carbocycles. The van der Waals surface area contributed by atoms with Gasteiger partial charge in [0.2, 0.25) is 0 Å². The summed E-state index contributed by atoms with van der Waals surface area (Å²) in [5.74, 6) is 0.507. The maximum atomic E-state index is 11.4. The van der Waals surface area contributed by atoms with Crippen molar-refractivity contribution in [3.8, 4) is 11.4 Å². The molecule has 0 bridgehead atoms. The van der Waals surface area contributed by atoms with Crippen LogP contribution in [0.25, 0.3) is 11.4 Å². The molecule has 0 amide bonds. The van der Waals surface area contributed by atoms with E-state index in [0.29, 0.717) is 6.42 Å². The lowest BCUT2D eigenvalue weighted by atomic mass is 10.1. The molecule has 0 fully saturated rings. The Morgan fingerprint density at radius 1 is 0.923 bits per heavy atom. The third-order valence-electron chi connectivity index (χ3n) is 4.00. The maximum absolute atomic E-state index is 11.4. The monoisotopic (exact) mass is 347 g/mol. The number of carbonyl (C=O) groups excluding carboxylic acids is 1. The number of rotatable bonds is 7. The first-order valence-corrected chi connectivity index (χ1v) is 8.46. The second-order valence-electron chi connectivity index (χ2n) is 5.95. The first-order chi connectivity index (χ1) is 12.7. The Morgan fingerprint density at radius 2 is 1.62 bits per heavy atom. The van der Waals surface area contributed by atoms with E-state index in [4.69, 9.17) is 4.74 Å². The first-order valence-electron chi connectivity index (χ1n) is 8.46. The average Bonchev–Trinajstić information content (AvgIpc) is 2.69. The van der Waals surface area contributed by atoms with Crippen LogP contribution >= 0.6 is 0 Å². The molecule has 0 unspecified atom stereocenters. The SMILES string of the molecule is COC(=O)Cc1cccc(CNCc2ccc(-c3ncccn3)cc2)c1. The minimum Gasteiger partial charge on any atom is -0.469 e. The Labute approximate surface area is 153 Å². The lowest BCUT2D eigenvalue weighted by Crippen LogP contribution is -2.13. The molecule has 1 aromatic heterocycles. The Bertz CT molecular complexity index is 849. The number of hydrogen-bond donors (Lipinski definition) is 1. The summed E-state index contributed by atoms with van der Waals surface area (Å²) in [5, 5.41) is 3.42. The maximum Gasteiger partial charge on any atom is 0.309 e. The van der Waals surface area contributed by atoms with E-state index in [-0.39, 0.29) is 5.97 Å². The molecule has 0 radical (unpaired) electrons. The van der Waals surface area contributed by atoms with Crippen molar-refractivity contribution < 1.29 is 9.53 Å². The van der Waals surface area contributed by atoms with Gasteiger partial charge in [0.15, 0.2) is 5.82 Å². The van der Waals surface area contributed by atoms with E-state index in [1.165, 1.54) is 12.7 Å². The van der Waals surface area contributed by atoms with Gasteiger partial charge in [0.05, 0.1) is 13.5 Å². The van der Waals surface area contributed by atoms with Gasteiger partial charge < -0.3 is 10.1 Å². The number of aromatic nitrogens is 2. The van der Waals surface area contributed by atoms with Gasteiger partial charge in [0, 0.05) is 31.0 Å². The molecule has 132 valence electrons. The van der Waals surface area contributed by atoms with E-state index in [1.807, 2.05) is 42.5 Å². The zero-order chi connectivity index (χ0) is 18.2. The van der Waals surface area contributed by atoms with Gasteiger partial charge >= 0.3 is 5.97 Å². The number of carbonyl (C=O) groups is 1. The van der Waals surface area contributed by atoms with Crippen LogP contribution in [0.5, 0.6) is 0 Å². The van der Waals surface area contributed by atoms with Crippen molar-refractivity contribution >= 4 is 5.97 Å². The summed E-state index contributed by atoms with van der Waals surface area (Å²) in [6.45, 7) is 1.50. The molecule has 1 heterocycles. The lowest BCUT2D eigenvalue weighted by Gasteiger charge is -2.08. The number of methoxy groups -OCH3 is 1. The smallest absolute Gasteiger partial charge is 0.309 e. The Balaban J connectivity index is 1.53. The number of ether oxygens (including phenoxy) is 1.